The largest absolute Gasteiger partial charge is 0.466 e. The second-order valence-electron chi connectivity index (χ2n) is 2.84. The fourth-order valence-electron chi connectivity index (χ4n) is 1.05. The summed E-state index contributed by atoms with van der Waals surface area (Å²) < 4.78 is 4.57. The van der Waals surface area contributed by atoms with Crippen molar-refractivity contribution in [2.24, 2.45) is 0 Å². The van der Waals surface area contributed by atoms with Gasteiger partial charge in [-0.15, -0.1) is 0 Å². The molecule has 0 saturated carbocycles. The van der Waals surface area contributed by atoms with E-state index in [-0.39, 0.29) is 5.97 Å². The molecule has 0 atom stereocenters. The van der Waals surface area contributed by atoms with E-state index in [0.29, 0.717) is 10.6 Å². The van der Waals surface area contributed by atoms with Gasteiger partial charge < -0.3 is 4.74 Å². The molecule has 0 unspecified atom stereocenters. The summed E-state index contributed by atoms with van der Waals surface area (Å²) in [5.41, 5.74) is 1.35. The predicted molar refractivity (Wildman–Crippen MR) is 57.1 cm³/mol. The summed E-state index contributed by atoms with van der Waals surface area (Å²) >= 11 is 5.92. The van der Waals surface area contributed by atoms with Gasteiger partial charge in [-0.3, -0.25) is 0 Å². The maximum absolute atomic E-state index is 11.1. The van der Waals surface area contributed by atoms with Crippen molar-refractivity contribution in [2.75, 3.05) is 7.11 Å². The summed E-state index contributed by atoms with van der Waals surface area (Å²) in [6, 6.07) is 7.32. The molecule has 0 aliphatic carbocycles. The number of benzene rings is 1. The highest BCUT2D eigenvalue weighted by atomic mass is 35.5. The van der Waals surface area contributed by atoms with Crippen LogP contribution in [0.3, 0.4) is 0 Å². The zero-order chi connectivity index (χ0) is 10.6. The molecular weight excluding hydrogens is 200 g/mol. The standard InChI is InChI=1S/C11H11ClO2/c1-8(11(13)14-2)7-9-5-3-4-6-10(9)12/h3-7H,1-2H3/b8-7+. The van der Waals surface area contributed by atoms with E-state index in [2.05, 4.69) is 4.74 Å². The number of hydrogen-bond donors (Lipinski definition) is 0. The molecule has 0 spiro atoms. The smallest absolute Gasteiger partial charge is 0.333 e. The third-order valence-electron chi connectivity index (χ3n) is 1.78. The number of halogens is 1. The highest BCUT2D eigenvalue weighted by Gasteiger charge is 2.03. The molecule has 0 bridgehead atoms. The number of esters is 1. The minimum absolute atomic E-state index is 0.343. The molecule has 0 heterocycles. The Labute approximate surface area is 88.1 Å². The zero-order valence-electron chi connectivity index (χ0n) is 8.08. The Bertz CT molecular complexity index is 369. The third-order valence-corrected chi connectivity index (χ3v) is 2.13. The number of ether oxygens (including phenoxy) is 1. The molecule has 0 aliphatic heterocycles. The maximum atomic E-state index is 11.1. The van der Waals surface area contributed by atoms with Crippen LogP contribution in [0.2, 0.25) is 5.02 Å². The Morgan fingerprint density at radius 1 is 1.43 bits per heavy atom. The Kier molecular flexibility index (Phi) is 3.72. The van der Waals surface area contributed by atoms with Crippen molar-refractivity contribution in [3.8, 4) is 0 Å². The van der Waals surface area contributed by atoms with E-state index in [1.165, 1.54) is 7.11 Å². The van der Waals surface area contributed by atoms with Gasteiger partial charge in [-0.05, 0) is 24.6 Å². The van der Waals surface area contributed by atoms with E-state index >= 15 is 0 Å². The van der Waals surface area contributed by atoms with Crippen LogP contribution >= 0.6 is 11.6 Å². The van der Waals surface area contributed by atoms with Gasteiger partial charge in [-0.1, -0.05) is 29.8 Å². The van der Waals surface area contributed by atoms with Crippen molar-refractivity contribution >= 4 is 23.6 Å². The Hall–Kier alpha value is -1.28. The average Bonchev–Trinajstić information content (AvgIpc) is 2.20. The monoisotopic (exact) mass is 210 g/mol. The first kappa shape index (κ1) is 10.8. The minimum atomic E-state index is -0.343. The van der Waals surface area contributed by atoms with Gasteiger partial charge in [-0.2, -0.15) is 0 Å². The van der Waals surface area contributed by atoms with Crippen LogP contribution < -0.4 is 0 Å². The van der Waals surface area contributed by atoms with E-state index in [4.69, 9.17) is 11.6 Å². The van der Waals surface area contributed by atoms with Crippen molar-refractivity contribution in [3.63, 3.8) is 0 Å². The normalized spacial score (nSPS) is 11.2. The summed E-state index contributed by atoms with van der Waals surface area (Å²) in [7, 11) is 1.35. The van der Waals surface area contributed by atoms with Crippen LogP contribution in [-0.2, 0) is 9.53 Å². The summed E-state index contributed by atoms with van der Waals surface area (Å²) in [4.78, 5) is 11.1. The number of carbonyl (C=O) groups excluding carboxylic acids is 1. The molecule has 3 heteroatoms. The first-order valence-corrected chi connectivity index (χ1v) is 4.54. The Balaban J connectivity index is 2.97. The van der Waals surface area contributed by atoms with Crippen molar-refractivity contribution < 1.29 is 9.53 Å². The number of rotatable bonds is 2. The average molecular weight is 211 g/mol. The topological polar surface area (TPSA) is 26.3 Å². The molecule has 2 nitrogen and oxygen atoms in total. The lowest BCUT2D eigenvalue weighted by Crippen LogP contribution is -2.00. The summed E-state index contributed by atoms with van der Waals surface area (Å²) in [5, 5.41) is 0.621. The number of carbonyl (C=O) groups is 1. The first-order chi connectivity index (χ1) is 6.65. The van der Waals surface area contributed by atoms with Crippen LogP contribution in [0.25, 0.3) is 6.08 Å². The first-order valence-electron chi connectivity index (χ1n) is 4.16. The van der Waals surface area contributed by atoms with Crippen LogP contribution in [0, 0.1) is 0 Å². The van der Waals surface area contributed by atoms with Gasteiger partial charge in [0.25, 0.3) is 0 Å². The molecule has 0 aromatic heterocycles. The van der Waals surface area contributed by atoms with E-state index in [1.54, 1.807) is 19.1 Å². The molecule has 0 aliphatic rings. The molecule has 1 rings (SSSR count). The van der Waals surface area contributed by atoms with Gasteiger partial charge >= 0.3 is 5.97 Å². The molecule has 0 amide bonds. The van der Waals surface area contributed by atoms with Crippen molar-refractivity contribution in [1.29, 1.82) is 0 Å². The minimum Gasteiger partial charge on any atom is -0.466 e. The van der Waals surface area contributed by atoms with Crippen LogP contribution in [0.4, 0.5) is 0 Å². The summed E-state index contributed by atoms with van der Waals surface area (Å²) in [6.45, 7) is 1.69. The molecule has 74 valence electrons. The fraction of sp³-hybridized carbons (Fsp3) is 0.182. The highest BCUT2D eigenvalue weighted by molar-refractivity contribution is 6.32. The highest BCUT2D eigenvalue weighted by Crippen LogP contribution is 2.18. The van der Waals surface area contributed by atoms with Crippen molar-refractivity contribution in [1.82, 2.24) is 0 Å². The van der Waals surface area contributed by atoms with Crippen LogP contribution in [0.5, 0.6) is 0 Å². The zero-order valence-corrected chi connectivity index (χ0v) is 8.84. The van der Waals surface area contributed by atoms with Crippen LogP contribution in [-0.4, -0.2) is 13.1 Å². The molecule has 0 radical (unpaired) electrons. The van der Waals surface area contributed by atoms with Gasteiger partial charge in [0.15, 0.2) is 0 Å². The second kappa shape index (κ2) is 4.82. The third kappa shape index (κ3) is 2.60. The number of methoxy groups -OCH3 is 1. The SMILES string of the molecule is COC(=O)/C(C)=C/c1ccccc1Cl. The molecular formula is C11H11ClO2. The second-order valence-corrected chi connectivity index (χ2v) is 3.25. The summed E-state index contributed by atoms with van der Waals surface area (Å²) in [6.07, 6.45) is 1.70. The predicted octanol–water partition coefficient (Wildman–Crippen LogP) is 2.92. The molecule has 1 aromatic carbocycles. The molecule has 0 saturated heterocycles. The molecule has 0 N–H and O–H groups in total. The van der Waals surface area contributed by atoms with Crippen molar-refractivity contribution in [2.45, 2.75) is 6.92 Å². The van der Waals surface area contributed by atoms with Crippen LogP contribution in [0.1, 0.15) is 12.5 Å². The Morgan fingerprint density at radius 2 is 2.07 bits per heavy atom. The van der Waals surface area contributed by atoms with Gasteiger partial charge in [0.05, 0.1) is 7.11 Å². The van der Waals surface area contributed by atoms with Gasteiger partial charge in [0, 0.05) is 10.6 Å². The van der Waals surface area contributed by atoms with Gasteiger partial charge in [-0.25, -0.2) is 4.79 Å². The fourth-order valence-corrected chi connectivity index (χ4v) is 1.24. The maximum Gasteiger partial charge on any atom is 0.333 e. The van der Waals surface area contributed by atoms with E-state index in [1.807, 2.05) is 18.2 Å². The van der Waals surface area contributed by atoms with E-state index in [0.717, 1.165) is 5.56 Å². The molecule has 14 heavy (non-hydrogen) atoms. The van der Waals surface area contributed by atoms with E-state index < -0.39 is 0 Å². The van der Waals surface area contributed by atoms with Crippen molar-refractivity contribution in [3.05, 3.63) is 40.4 Å². The lowest BCUT2D eigenvalue weighted by Gasteiger charge is -2.00. The van der Waals surface area contributed by atoms with E-state index in [9.17, 15) is 4.79 Å². The Morgan fingerprint density at radius 3 is 2.64 bits per heavy atom. The molecule has 0 fully saturated rings. The quantitative estimate of drug-likeness (QED) is 0.554. The lowest BCUT2D eigenvalue weighted by molar-refractivity contribution is -0.135. The lowest BCUT2D eigenvalue weighted by atomic mass is 10.1. The van der Waals surface area contributed by atoms with Crippen LogP contribution in [0.15, 0.2) is 29.8 Å². The number of hydrogen-bond acceptors (Lipinski definition) is 2. The van der Waals surface area contributed by atoms with Gasteiger partial charge in [0.2, 0.25) is 0 Å². The summed E-state index contributed by atoms with van der Waals surface area (Å²) in [5.74, 6) is -0.343. The van der Waals surface area contributed by atoms with Gasteiger partial charge in [0.1, 0.15) is 0 Å². The molecule has 1 aromatic rings.